The highest BCUT2D eigenvalue weighted by atomic mass is 32.2. The molecule has 0 unspecified atom stereocenters. The van der Waals surface area contributed by atoms with Crippen molar-refractivity contribution in [2.24, 2.45) is 0 Å². The van der Waals surface area contributed by atoms with Gasteiger partial charge in [0.2, 0.25) is 11.7 Å². The van der Waals surface area contributed by atoms with E-state index in [0.717, 1.165) is 11.8 Å². The van der Waals surface area contributed by atoms with E-state index in [-0.39, 0.29) is 57.0 Å². The maximum Gasteiger partial charge on any atom is 0.273 e. The Morgan fingerprint density at radius 3 is 2.29 bits per heavy atom. The van der Waals surface area contributed by atoms with Crippen molar-refractivity contribution < 1.29 is 19.0 Å². The van der Waals surface area contributed by atoms with Crippen molar-refractivity contribution in [1.29, 1.82) is 10.5 Å². The standard InChI is InChI=1S/C28H25N7O5S/c1-38-20-11-16(12-21(39-2)26(20)40-3)25-18(14-29)27(31)33-28(19(25)15-30)41-10-9-23(36)32-22-13-24(37)35(34-22)17-7-5-4-6-8-17/h4-8,11-13,34H,9-10H2,1-3H3,(H2,31,33)(H,32,36). The number of nitrogens with two attached hydrogens (primary N) is 1. The highest BCUT2D eigenvalue weighted by Gasteiger charge is 2.24. The SMILES string of the molecule is COc1cc(-c2c(C#N)c(N)nc(SCCC(=O)Nc3cc(=O)n(-c4ccccc4)[nH]3)c2C#N)cc(OC)c1OC. The molecule has 0 atom stereocenters. The fourth-order valence-corrected chi connectivity index (χ4v) is 5.03. The number of ether oxygens (including phenoxy) is 3. The van der Waals surface area contributed by atoms with E-state index < -0.39 is 0 Å². The lowest BCUT2D eigenvalue weighted by molar-refractivity contribution is -0.115. The first-order chi connectivity index (χ1) is 19.8. The van der Waals surface area contributed by atoms with Gasteiger partial charge >= 0.3 is 0 Å². The number of anilines is 2. The number of benzene rings is 2. The number of pyridine rings is 1. The van der Waals surface area contributed by atoms with Gasteiger partial charge in [-0.1, -0.05) is 18.2 Å². The molecule has 13 heteroatoms. The first-order valence-electron chi connectivity index (χ1n) is 12.1. The monoisotopic (exact) mass is 571 g/mol. The lowest BCUT2D eigenvalue weighted by Crippen LogP contribution is -2.14. The molecule has 1 amide bonds. The molecule has 0 aliphatic carbocycles. The second kappa shape index (κ2) is 12.6. The molecule has 208 valence electrons. The van der Waals surface area contributed by atoms with Gasteiger partial charge in [0.05, 0.1) is 32.6 Å². The van der Waals surface area contributed by atoms with Crippen molar-refractivity contribution in [3.8, 4) is 46.2 Å². The maximum atomic E-state index is 12.6. The highest BCUT2D eigenvalue weighted by Crippen LogP contribution is 2.44. The van der Waals surface area contributed by atoms with Gasteiger partial charge in [-0.15, -0.1) is 11.8 Å². The average Bonchev–Trinajstić information content (AvgIpc) is 3.35. The van der Waals surface area contributed by atoms with E-state index in [4.69, 9.17) is 19.9 Å². The fourth-order valence-electron chi connectivity index (χ4n) is 4.10. The van der Waals surface area contributed by atoms with Crippen LogP contribution < -0.4 is 30.8 Å². The van der Waals surface area contributed by atoms with E-state index in [0.29, 0.717) is 28.5 Å². The van der Waals surface area contributed by atoms with Crippen LogP contribution in [0.25, 0.3) is 16.8 Å². The number of nitriles is 2. The van der Waals surface area contributed by atoms with Gasteiger partial charge in [0, 0.05) is 23.8 Å². The lowest BCUT2D eigenvalue weighted by atomic mass is 9.96. The molecule has 12 nitrogen and oxygen atoms in total. The molecule has 0 saturated carbocycles. The first kappa shape index (κ1) is 28.6. The number of methoxy groups -OCH3 is 3. The Morgan fingerprint density at radius 1 is 1.05 bits per heavy atom. The number of aromatic amines is 1. The number of rotatable bonds is 10. The van der Waals surface area contributed by atoms with E-state index >= 15 is 0 Å². The van der Waals surface area contributed by atoms with Crippen LogP contribution in [-0.4, -0.2) is 47.8 Å². The van der Waals surface area contributed by atoms with Gasteiger partial charge in [-0.2, -0.15) is 10.5 Å². The van der Waals surface area contributed by atoms with Crippen LogP contribution in [-0.2, 0) is 4.79 Å². The maximum absolute atomic E-state index is 12.6. The summed E-state index contributed by atoms with van der Waals surface area (Å²) in [5.74, 6) is 1.06. The van der Waals surface area contributed by atoms with Gasteiger partial charge in [0.25, 0.3) is 5.56 Å². The van der Waals surface area contributed by atoms with Gasteiger partial charge in [0.15, 0.2) is 11.5 Å². The Kier molecular flexibility index (Phi) is 8.82. The largest absolute Gasteiger partial charge is 0.493 e. The molecule has 0 bridgehead atoms. The molecule has 0 saturated heterocycles. The lowest BCUT2D eigenvalue weighted by Gasteiger charge is -2.17. The second-order valence-corrected chi connectivity index (χ2v) is 9.47. The quantitative estimate of drug-likeness (QED) is 0.237. The Balaban J connectivity index is 1.57. The van der Waals surface area contributed by atoms with Gasteiger partial charge < -0.3 is 25.3 Å². The number of hydrogen-bond donors (Lipinski definition) is 3. The molecule has 0 radical (unpaired) electrons. The topological polar surface area (TPSA) is 181 Å². The Bertz CT molecular complexity index is 1710. The number of thioether (sulfide) groups is 1. The average molecular weight is 572 g/mol. The van der Waals surface area contributed by atoms with Crippen LogP contribution in [0.15, 0.2) is 58.4 Å². The second-order valence-electron chi connectivity index (χ2n) is 8.39. The summed E-state index contributed by atoms with van der Waals surface area (Å²) in [7, 11) is 4.38. The minimum Gasteiger partial charge on any atom is -0.493 e. The molecule has 41 heavy (non-hydrogen) atoms. The fraction of sp³-hybridized carbons (Fsp3) is 0.179. The minimum absolute atomic E-state index is 0.0183. The molecule has 4 aromatic rings. The number of carbonyl (C=O) groups is 1. The van der Waals surface area contributed by atoms with E-state index in [2.05, 4.69) is 21.5 Å². The van der Waals surface area contributed by atoms with Crippen molar-refractivity contribution in [3.05, 3.63) is 70.0 Å². The summed E-state index contributed by atoms with van der Waals surface area (Å²) in [6.07, 6.45) is 0.0369. The van der Waals surface area contributed by atoms with Crippen molar-refractivity contribution >= 4 is 29.3 Å². The van der Waals surface area contributed by atoms with Crippen molar-refractivity contribution in [1.82, 2.24) is 14.8 Å². The summed E-state index contributed by atoms with van der Waals surface area (Å²) >= 11 is 1.14. The van der Waals surface area contributed by atoms with Crippen LogP contribution in [0, 0.1) is 22.7 Å². The van der Waals surface area contributed by atoms with Crippen LogP contribution in [0.2, 0.25) is 0 Å². The van der Waals surface area contributed by atoms with E-state index in [1.54, 1.807) is 36.4 Å². The molecule has 4 N–H and O–H groups in total. The molecule has 0 fully saturated rings. The third kappa shape index (κ3) is 5.95. The van der Waals surface area contributed by atoms with Crippen LogP contribution in [0.5, 0.6) is 17.2 Å². The van der Waals surface area contributed by atoms with E-state index in [9.17, 15) is 20.1 Å². The van der Waals surface area contributed by atoms with Gasteiger partial charge in [-0.25, -0.2) is 9.67 Å². The number of carbonyl (C=O) groups excluding carboxylic acids is 1. The number of nitrogens with one attached hydrogen (secondary N) is 2. The summed E-state index contributed by atoms with van der Waals surface area (Å²) in [6.45, 7) is 0. The number of hydrogen-bond acceptors (Lipinski definition) is 10. The van der Waals surface area contributed by atoms with Crippen LogP contribution in [0.3, 0.4) is 0 Å². The van der Waals surface area contributed by atoms with Crippen molar-refractivity contribution in [2.45, 2.75) is 11.4 Å². The number of H-pyrrole nitrogens is 1. The molecule has 2 aromatic carbocycles. The molecule has 0 aliphatic heterocycles. The number of para-hydroxylation sites is 1. The Hall–Kier alpha value is -5.40. The summed E-state index contributed by atoms with van der Waals surface area (Å²) in [5.41, 5.74) is 7.26. The zero-order valence-electron chi connectivity index (χ0n) is 22.3. The molecule has 0 aliphatic rings. The van der Waals surface area contributed by atoms with Crippen LogP contribution in [0.1, 0.15) is 17.5 Å². The Labute approximate surface area is 239 Å². The van der Waals surface area contributed by atoms with Crippen LogP contribution in [0.4, 0.5) is 11.6 Å². The third-order valence-corrected chi connectivity index (χ3v) is 6.92. The first-order valence-corrected chi connectivity index (χ1v) is 13.1. The zero-order valence-corrected chi connectivity index (χ0v) is 23.2. The number of nitrogens with zero attached hydrogens (tertiary/aromatic N) is 4. The molecule has 2 aromatic heterocycles. The molecule has 0 spiro atoms. The smallest absolute Gasteiger partial charge is 0.273 e. The van der Waals surface area contributed by atoms with Gasteiger partial charge in [-0.05, 0) is 29.8 Å². The third-order valence-electron chi connectivity index (χ3n) is 5.95. The minimum atomic E-state index is -0.357. The van der Waals surface area contributed by atoms with Gasteiger partial charge in [0.1, 0.15) is 34.4 Å². The van der Waals surface area contributed by atoms with E-state index in [1.165, 1.54) is 32.1 Å². The van der Waals surface area contributed by atoms with Crippen LogP contribution >= 0.6 is 11.8 Å². The summed E-state index contributed by atoms with van der Waals surface area (Å²) in [5, 5.41) is 25.7. The molecule has 2 heterocycles. The zero-order chi connectivity index (χ0) is 29.5. The molecule has 4 rings (SSSR count). The molecular formula is C28H25N7O5S. The normalized spacial score (nSPS) is 10.4. The highest BCUT2D eigenvalue weighted by molar-refractivity contribution is 7.99. The Morgan fingerprint density at radius 2 is 1.71 bits per heavy atom. The molecular weight excluding hydrogens is 546 g/mol. The predicted molar refractivity (Wildman–Crippen MR) is 154 cm³/mol. The number of amides is 1. The number of nitrogen functional groups attached to an aromatic ring is 1. The number of aromatic nitrogens is 3. The van der Waals surface area contributed by atoms with Crippen molar-refractivity contribution in [3.63, 3.8) is 0 Å². The van der Waals surface area contributed by atoms with Crippen molar-refractivity contribution in [2.75, 3.05) is 38.1 Å². The summed E-state index contributed by atoms with van der Waals surface area (Å²) in [6, 6.07) is 17.6. The summed E-state index contributed by atoms with van der Waals surface area (Å²) in [4.78, 5) is 29.2. The summed E-state index contributed by atoms with van der Waals surface area (Å²) < 4.78 is 17.6. The van der Waals surface area contributed by atoms with E-state index in [1.807, 2.05) is 12.1 Å². The predicted octanol–water partition coefficient (Wildman–Crippen LogP) is 3.70. The van der Waals surface area contributed by atoms with Gasteiger partial charge in [-0.3, -0.25) is 14.7 Å².